The van der Waals surface area contributed by atoms with Gasteiger partial charge in [0.2, 0.25) is 5.91 Å². The summed E-state index contributed by atoms with van der Waals surface area (Å²) in [5.41, 5.74) is 7.68. The quantitative estimate of drug-likeness (QED) is 0.647. The third-order valence-electron chi connectivity index (χ3n) is 3.43. The first-order valence-corrected chi connectivity index (χ1v) is 7.45. The first kappa shape index (κ1) is 18.1. The molecule has 0 saturated heterocycles. The molecule has 1 aromatic carbocycles. The molecule has 0 unspecified atom stereocenters. The van der Waals surface area contributed by atoms with E-state index in [4.69, 9.17) is 10.5 Å². The second kappa shape index (κ2) is 7.52. The predicted molar refractivity (Wildman–Crippen MR) is 93.3 cm³/mol. The van der Waals surface area contributed by atoms with Crippen molar-refractivity contribution in [3.05, 3.63) is 47.0 Å². The van der Waals surface area contributed by atoms with Crippen molar-refractivity contribution in [2.45, 2.75) is 20.8 Å². The number of hydrogen-bond donors (Lipinski definition) is 2. The van der Waals surface area contributed by atoms with Gasteiger partial charge in [-0.3, -0.25) is 14.6 Å². The number of aromatic nitrogens is 2. The van der Waals surface area contributed by atoms with E-state index in [-0.39, 0.29) is 11.3 Å². The molecule has 0 bridgehead atoms. The lowest BCUT2D eigenvalue weighted by Gasteiger charge is -2.11. The fourth-order valence-electron chi connectivity index (χ4n) is 2.09. The Labute approximate surface area is 145 Å². The van der Waals surface area contributed by atoms with Gasteiger partial charge in [0.05, 0.1) is 24.7 Å². The van der Waals surface area contributed by atoms with Crippen molar-refractivity contribution in [2.75, 3.05) is 7.11 Å². The molecule has 0 aliphatic heterocycles. The summed E-state index contributed by atoms with van der Waals surface area (Å²) in [5.74, 6) is -0.200. The van der Waals surface area contributed by atoms with E-state index in [2.05, 4.69) is 20.3 Å². The van der Waals surface area contributed by atoms with Gasteiger partial charge in [0.15, 0.2) is 0 Å². The van der Waals surface area contributed by atoms with E-state index in [0.717, 1.165) is 5.56 Å². The Morgan fingerprint density at radius 3 is 2.48 bits per heavy atom. The maximum absolute atomic E-state index is 12.1. The van der Waals surface area contributed by atoms with Gasteiger partial charge in [-0.2, -0.15) is 0 Å². The minimum Gasteiger partial charge on any atom is -0.496 e. The molecule has 0 saturated carbocycles. The van der Waals surface area contributed by atoms with Gasteiger partial charge >= 0.3 is 0 Å². The van der Waals surface area contributed by atoms with Crippen LogP contribution in [0.5, 0.6) is 5.75 Å². The van der Waals surface area contributed by atoms with Gasteiger partial charge < -0.3 is 15.8 Å². The normalized spacial score (nSPS) is 11.1. The largest absolute Gasteiger partial charge is 0.496 e. The first-order chi connectivity index (χ1) is 11.8. The van der Waals surface area contributed by atoms with Crippen molar-refractivity contribution in [1.29, 1.82) is 0 Å². The number of primary amides is 1. The Morgan fingerprint density at radius 1 is 1.20 bits per heavy atom. The number of carbonyl (C=O) groups excluding carboxylic acids is 2. The van der Waals surface area contributed by atoms with Crippen LogP contribution in [0.15, 0.2) is 29.5 Å². The molecule has 8 heteroatoms. The van der Waals surface area contributed by atoms with Crippen LogP contribution in [0.3, 0.4) is 0 Å². The van der Waals surface area contributed by atoms with Gasteiger partial charge in [-0.05, 0) is 32.9 Å². The van der Waals surface area contributed by atoms with E-state index >= 15 is 0 Å². The van der Waals surface area contributed by atoms with Crippen LogP contribution < -0.4 is 15.8 Å². The third-order valence-corrected chi connectivity index (χ3v) is 3.43. The fourth-order valence-corrected chi connectivity index (χ4v) is 2.09. The molecule has 25 heavy (non-hydrogen) atoms. The highest BCUT2D eigenvalue weighted by atomic mass is 16.5. The average molecular weight is 341 g/mol. The number of nitrogens with two attached hydrogens (primary N) is 1. The molecule has 8 nitrogen and oxygen atoms in total. The summed E-state index contributed by atoms with van der Waals surface area (Å²) in [6.07, 6.45) is 2.90. The van der Waals surface area contributed by atoms with E-state index < -0.39 is 11.8 Å². The number of amidine groups is 1. The SMILES string of the molecule is COc1cc(C(N)=O)cc(N=C(C)NC(=O)c2cnc(C)cn2)c1C. The molecule has 2 amide bonds. The Balaban J connectivity index is 2.29. The van der Waals surface area contributed by atoms with Gasteiger partial charge in [-0.15, -0.1) is 0 Å². The second-order valence-electron chi connectivity index (χ2n) is 5.38. The minimum atomic E-state index is -0.591. The van der Waals surface area contributed by atoms with E-state index in [1.165, 1.54) is 19.5 Å². The lowest BCUT2D eigenvalue weighted by atomic mass is 10.1. The van der Waals surface area contributed by atoms with Crippen LogP contribution in [0.25, 0.3) is 0 Å². The Bertz CT molecular complexity index is 844. The number of hydrogen-bond acceptors (Lipinski definition) is 6. The molecule has 0 atom stereocenters. The van der Waals surface area contributed by atoms with E-state index in [9.17, 15) is 9.59 Å². The highest BCUT2D eigenvalue weighted by Gasteiger charge is 2.12. The number of ether oxygens (including phenoxy) is 1. The smallest absolute Gasteiger partial charge is 0.276 e. The lowest BCUT2D eigenvalue weighted by Crippen LogP contribution is -2.29. The molecule has 0 aliphatic carbocycles. The van der Waals surface area contributed by atoms with Gasteiger partial charge in [0, 0.05) is 17.3 Å². The van der Waals surface area contributed by atoms with Crippen LogP contribution in [0.4, 0.5) is 5.69 Å². The third kappa shape index (κ3) is 4.37. The van der Waals surface area contributed by atoms with Crippen molar-refractivity contribution in [3.8, 4) is 5.75 Å². The molecule has 1 aromatic heterocycles. The van der Waals surface area contributed by atoms with Crippen LogP contribution in [-0.4, -0.2) is 34.7 Å². The van der Waals surface area contributed by atoms with Crippen LogP contribution in [0.2, 0.25) is 0 Å². The molecular formula is C17H19N5O3. The number of methoxy groups -OCH3 is 1. The molecule has 2 aromatic rings. The second-order valence-corrected chi connectivity index (χ2v) is 5.38. The van der Waals surface area contributed by atoms with E-state index in [1.807, 2.05) is 0 Å². The Morgan fingerprint density at radius 2 is 1.92 bits per heavy atom. The summed E-state index contributed by atoms with van der Waals surface area (Å²) >= 11 is 0. The lowest BCUT2D eigenvalue weighted by molar-refractivity contribution is 0.0969. The van der Waals surface area contributed by atoms with Crippen LogP contribution in [0.1, 0.15) is 39.0 Å². The van der Waals surface area contributed by atoms with Crippen molar-refractivity contribution in [1.82, 2.24) is 15.3 Å². The number of nitrogens with one attached hydrogen (secondary N) is 1. The van der Waals surface area contributed by atoms with Crippen LogP contribution >= 0.6 is 0 Å². The highest BCUT2D eigenvalue weighted by molar-refractivity contribution is 6.05. The highest BCUT2D eigenvalue weighted by Crippen LogP contribution is 2.29. The Hall–Kier alpha value is -3.29. The monoisotopic (exact) mass is 341 g/mol. The standard InChI is InChI=1S/C17H19N5O3/c1-9-7-20-14(8-19-9)17(24)22-11(3)21-13-5-12(16(18)23)6-15(25-4)10(13)2/h5-8H,1-4H3,(H2,18,23)(H,21,22,24). The number of nitrogens with zero attached hydrogens (tertiary/aromatic N) is 3. The van der Waals surface area contributed by atoms with Crippen molar-refractivity contribution in [3.63, 3.8) is 0 Å². The van der Waals surface area contributed by atoms with Crippen molar-refractivity contribution >= 4 is 23.3 Å². The molecule has 3 N–H and O–H groups in total. The number of aryl methyl sites for hydroxylation is 1. The van der Waals surface area contributed by atoms with Crippen LogP contribution in [-0.2, 0) is 0 Å². The number of aliphatic imine (C=N–C) groups is 1. The van der Waals surface area contributed by atoms with Gasteiger partial charge in [0.1, 0.15) is 17.3 Å². The van der Waals surface area contributed by atoms with E-state index in [0.29, 0.717) is 23.0 Å². The molecule has 2 rings (SSSR count). The molecule has 0 radical (unpaired) electrons. The molecule has 0 spiro atoms. The molecular weight excluding hydrogens is 322 g/mol. The summed E-state index contributed by atoms with van der Waals surface area (Å²) in [6.45, 7) is 5.20. The average Bonchev–Trinajstić information content (AvgIpc) is 2.56. The fraction of sp³-hybridized carbons (Fsp3) is 0.235. The zero-order valence-corrected chi connectivity index (χ0v) is 14.5. The van der Waals surface area contributed by atoms with Crippen molar-refractivity contribution < 1.29 is 14.3 Å². The summed E-state index contributed by atoms with van der Waals surface area (Å²) in [5, 5.41) is 2.63. The maximum atomic E-state index is 12.1. The van der Waals surface area contributed by atoms with E-state index in [1.54, 1.807) is 32.9 Å². The van der Waals surface area contributed by atoms with Gasteiger partial charge in [-0.1, -0.05) is 0 Å². The molecule has 130 valence electrons. The number of benzene rings is 1. The van der Waals surface area contributed by atoms with Gasteiger partial charge in [-0.25, -0.2) is 9.98 Å². The predicted octanol–water partition coefficient (Wildman–Crippen LogP) is 1.68. The maximum Gasteiger partial charge on any atom is 0.276 e. The molecule has 0 fully saturated rings. The summed E-state index contributed by atoms with van der Waals surface area (Å²) < 4.78 is 5.24. The van der Waals surface area contributed by atoms with Crippen molar-refractivity contribution in [2.24, 2.45) is 10.7 Å². The number of amides is 2. The summed E-state index contributed by atoms with van der Waals surface area (Å²) in [6, 6.07) is 3.09. The number of rotatable bonds is 4. The summed E-state index contributed by atoms with van der Waals surface area (Å²) in [7, 11) is 1.49. The zero-order chi connectivity index (χ0) is 18.6. The molecule has 1 heterocycles. The Kier molecular flexibility index (Phi) is 5.43. The first-order valence-electron chi connectivity index (χ1n) is 7.45. The van der Waals surface area contributed by atoms with Crippen LogP contribution in [0, 0.1) is 13.8 Å². The number of carbonyl (C=O) groups is 2. The topological polar surface area (TPSA) is 120 Å². The molecule has 0 aliphatic rings. The van der Waals surface area contributed by atoms with Gasteiger partial charge in [0.25, 0.3) is 5.91 Å². The zero-order valence-electron chi connectivity index (χ0n) is 14.5. The summed E-state index contributed by atoms with van der Waals surface area (Å²) in [4.78, 5) is 36.0. The minimum absolute atomic E-state index is 0.181.